The molecular weight excluding hydrogens is 544 g/mol. The lowest BCUT2D eigenvalue weighted by molar-refractivity contribution is 0.0500. The third kappa shape index (κ3) is 8.21. The van der Waals surface area contributed by atoms with E-state index in [1.54, 1.807) is 58.0 Å². The Bertz CT molecular complexity index is 1440. The van der Waals surface area contributed by atoms with Crippen LogP contribution in [0.1, 0.15) is 85.9 Å². The number of alkyl carbamates (subject to hydrolysis) is 1. The van der Waals surface area contributed by atoms with Crippen molar-refractivity contribution < 1.29 is 38.1 Å². The van der Waals surface area contributed by atoms with Crippen molar-refractivity contribution in [2.45, 2.75) is 65.6 Å². The number of rotatable bonds is 12. The number of ether oxygens (including phenoxy) is 3. The second-order valence-corrected chi connectivity index (χ2v) is 11.0. The van der Waals surface area contributed by atoms with Crippen LogP contribution >= 0.6 is 0 Å². The highest BCUT2D eigenvalue weighted by molar-refractivity contribution is 5.94. The van der Waals surface area contributed by atoms with Gasteiger partial charge < -0.3 is 34.4 Å². The van der Waals surface area contributed by atoms with E-state index < -0.39 is 29.6 Å². The number of nitrogens with zero attached hydrogens (tertiary/aromatic N) is 2. The van der Waals surface area contributed by atoms with Crippen molar-refractivity contribution in [2.24, 2.45) is 5.92 Å². The molecule has 1 saturated carbocycles. The van der Waals surface area contributed by atoms with E-state index >= 15 is 0 Å². The molecule has 1 aromatic carbocycles. The first kappa shape index (κ1) is 30.4. The maximum atomic E-state index is 13.3. The van der Waals surface area contributed by atoms with Gasteiger partial charge in [-0.3, -0.25) is 4.79 Å². The van der Waals surface area contributed by atoms with E-state index in [1.807, 2.05) is 6.92 Å². The number of aromatic carboxylic acids is 1. The average Bonchev–Trinajstić information content (AvgIpc) is 3.65. The Balaban J connectivity index is 1.63. The van der Waals surface area contributed by atoms with Crippen molar-refractivity contribution >= 4 is 18.0 Å². The number of aromatic nitrogens is 2. The van der Waals surface area contributed by atoms with Crippen molar-refractivity contribution in [3.63, 3.8) is 0 Å². The summed E-state index contributed by atoms with van der Waals surface area (Å²) in [5, 5.41) is 14.6. The topological polar surface area (TPSA) is 162 Å². The number of hydrogen-bond acceptors (Lipinski definition) is 9. The molecule has 1 aliphatic rings. The summed E-state index contributed by atoms with van der Waals surface area (Å²) in [5.74, 6) is 0.116. The van der Waals surface area contributed by atoms with Crippen molar-refractivity contribution in [3.8, 4) is 23.0 Å². The second-order valence-electron chi connectivity index (χ2n) is 11.0. The minimum Gasteiger partial charge on any atom is -0.490 e. The molecule has 2 aromatic heterocycles. The van der Waals surface area contributed by atoms with Gasteiger partial charge in [-0.15, -0.1) is 0 Å². The van der Waals surface area contributed by atoms with Crippen LogP contribution in [-0.4, -0.2) is 51.9 Å². The molecule has 4 rings (SSSR count). The SMILES string of the molecule is CCOc1ccc(-c2nc(C(=O)NCc3cccc(C(=O)O)n3)c([C@H](C)NC(=O)OC(C)(C)C)o2)cc1OCC1CC1. The van der Waals surface area contributed by atoms with E-state index in [0.717, 1.165) is 12.8 Å². The lowest BCUT2D eigenvalue weighted by Crippen LogP contribution is -2.34. The molecule has 1 fully saturated rings. The summed E-state index contributed by atoms with van der Waals surface area (Å²) in [4.78, 5) is 45.6. The van der Waals surface area contributed by atoms with E-state index in [4.69, 9.17) is 18.6 Å². The summed E-state index contributed by atoms with van der Waals surface area (Å²) in [6.45, 7) is 9.73. The standard InChI is InChI=1S/C30H36N4O8/c1-6-39-22-13-12-19(14-23(22)40-16-18-10-11-18)27-34-24(25(41-27)17(2)32-29(38)42-30(3,4)5)26(35)31-15-20-8-7-9-21(33-20)28(36)37/h7-9,12-14,17-18H,6,10-11,15-16H2,1-5H3,(H,31,35)(H,32,38)(H,36,37)/t17-/m0/s1. The van der Waals surface area contributed by atoms with Crippen LogP contribution in [0, 0.1) is 5.92 Å². The van der Waals surface area contributed by atoms with Gasteiger partial charge in [-0.05, 0) is 83.7 Å². The molecule has 42 heavy (non-hydrogen) atoms. The van der Waals surface area contributed by atoms with Gasteiger partial charge in [-0.1, -0.05) is 6.07 Å². The van der Waals surface area contributed by atoms with Gasteiger partial charge in [0.2, 0.25) is 5.89 Å². The van der Waals surface area contributed by atoms with Gasteiger partial charge in [-0.2, -0.15) is 0 Å². The molecule has 224 valence electrons. The fourth-order valence-electron chi connectivity index (χ4n) is 3.93. The maximum absolute atomic E-state index is 13.3. The summed E-state index contributed by atoms with van der Waals surface area (Å²) in [5.41, 5.74) is -0.0381. The number of benzene rings is 1. The third-order valence-electron chi connectivity index (χ3n) is 6.11. The number of carbonyl (C=O) groups excluding carboxylic acids is 2. The van der Waals surface area contributed by atoms with E-state index in [9.17, 15) is 19.5 Å². The van der Waals surface area contributed by atoms with Crippen LogP contribution < -0.4 is 20.1 Å². The Morgan fingerprint density at radius 3 is 2.52 bits per heavy atom. The van der Waals surface area contributed by atoms with E-state index in [0.29, 0.717) is 41.9 Å². The molecule has 3 N–H and O–H groups in total. The van der Waals surface area contributed by atoms with Crippen LogP contribution in [0.4, 0.5) is 4.79 Å². The first-order valence-electron chi connectivity index (χ1n) is 13.8. The number of nitrogens with one attached hydrogen (secondary N) is 2. The molecule has 12 heteroatoms. The van der Waals surface area contributed by atoms with Crippen LogP contribution in [0.5, 0.6) is 11.5 Å². The second kappa shape index (κ2) is 12.9. The van der Waals surface area contributed by atoms with E-state index in [1.165, 1.54) is 6.07 Å². The average molecular weight is 581 g/mol. The number of carboxylic acids is 1. The summed E-state index contributed by atoms with van der Waals surface area (Å²) in [6, 6.07) is 8.96. The summed E-state index contributed by atoms with van der Waals surface area (Å²) < 4.78 is 23.2. The van der Waals surface area contributed by atoms with Crippen molar-refractivity contribution in [1.29, 1.82) is 0 Å². The maximum Gasteiger partial charge on any atom is 0.408 e. The molecule has 0 saturated heterocycles. The zero-order valence-corrected chi connectivity index (χ0v) is 24.4. The molecule has 1 aliphatic carbocycles. The van der Waals surface area contributed by atoms with Crippen molar-refractivity contribution in [3.05, 3.63) is 59.2 Å². The zero-order chi connectivity index (χ0) is 30.4. The molecule has 0 unspecified atom stereocenters. The highest BCUT2D eigenvalue weighted by atomic mass is 16.6. The van der Waals surface area contributed by atoms with Gasteiger partial charge in [-0.25, -0.2) is 19.6 Å². The molecule has 12 nitrogen and oxygen atoms in total. The van der Waals surface area contributed by atoms with E-state index in [-0.39, 0.29) is 29.6 Å². The van der Waals surface area contributed by atoms with Crippen molar-refractivity contribution in [1.82, 2.24) is 20.6 Å². The van der Waals surface area contributed by atoms with Crippen LogP contribution in [0.15, 0.2) is 40.8 Å². The number of carbonyl (C=O) groups is 3. The Kier molecular flexibility index (Phi) is 9.34. The fraction of sp³-hybridized carbons (Fsp3) is 0.433. The highest BCUT2D eigenvalue weighted by Crippen LogP contribution is 2.36. The van der Waals surface area contributed by atoms with Crippen LogP contribution in [0.2, 0.25) is 0 Å². The Labute approximate surface area is 243 Å². The summed E-state index contributed by atoms with van der Waals surface area (Å²) in [7, 11) is 0. The highest BCUT2D eigenvalue weighted by Gasteiger charge is 2.28. The lowest BCUT2D eigenvalue weighted by atomic mass is 10.2. The number of amides is 2. The molecule has 2 amide bonds. The van der Waals surface area contributed by atoms with Crippen molar-refractivity contribution in [2.75, 3.05) is 13.2 Å². The lowest BCUT2D eigenvalue weighted by Gasteiger charge is -2.21. The molecule has 0 aliphatic heterocycles. The number of oxazole rings is 1. The normalized spacial score (nSPS) is 13.6. The first-order chi connectivity index (χ1) is 19.9. The first-order valence-corrected chi connectivity index (χ1v) is 13.8. The minimum absolute atomic E-state index is 0.0579. The van der Waals surface area contributed by atoms with Crippen LogP contribution in [-0.2, 0) is 11.3 Å². The predicted molar refractivity (Wildman–Crippen MR) is 151 cm³/mol. The number of pyridine rings is 1. The van der Waals surface area contributed by atoms with Crippen LogP contribution in [0.3, 0.4) is 0 Å². The molecular formula is C30H36N4O8. The molecule has 1 atom stereocenters. The summed E-state index contributed by atoms with van der Waals surface area (Å²) >= 11 is 0. The largest absolute Gasteiger partial charge is 0.490 e. The Hall–Kier alpha value is -4.61. The van der Waals surface area contributed by atoms with Gasteiger partial charge >= 0.3 is 12.1 Å². The quantitative estimate of drug-likeness (QED) is 0.261. The van der Waals surface area contributed by atoms with E-state index in [2.05, 4.69) is 20.6 Å². The Morgan fingerprint density at radius 1 is 1.10 bits per heavy atom. The smallest absolute Gasteiger partial charge is 0.408 e. The molecule has 0 bridgehead atoms. The van der Waals surface area contributed by atoms with Gasteiger partial charge in [0.15, 0.2) is 23.0 Å². The van der Waals surface area contributed by atoms with Gasteiger partial charge in [0.1, 0.15) is 11.3 Å². The minimum atomic E-state index is -1.18. The Morgan fingerprint density at radius 2 is 1.86 bits per heavy atom. The summed E-state index contributed by atoms with van der Waals surface area (Å²) in [6.07, 6.45) is 1.57. The number of carboxylic acid groups (broad SMARTS) is 1. The third-order valence-corrected chi connectivity index (χ3v) is 6.11. The van der Waals surface area contributed by atoms with Gasteiger partial charge in [0, 0.05) is 5.56 Å². The van der Waals surface area contributed by atoms with Gasteiger partial charge in [0.05, 0.1) is 31.5 Å². The molecule has 2 heterocycles. The molecule has 0 spiro atoms. The molecule has 3 aromatic rings. The predicted octanol–water partition coefficient (Wildman–Crippen LogP) is 5.14. The van der Waals surface area contributed by atoms with Crippen LogP contribution in [0.25, 0.3) is 11.5 Å². The molecule has 0 radical (unpaired) electrons. The number of hydrogen-bond donors (Lipinski definition) is 3. The monoisotopic (exact) mass is 580 g/mol. The van der Waals surface area contributed by atoms with Gasteiger partial charge in [0.25, 0.3) is 5.91 Å². The fourth-order valence-corrected chi connectivity index (χ4v) is 3.93. The zero-order valence-electron chi connectivity index (χ0n) is 24.4.